The minimum atomic E-state index is -0.290. The summed E-state index contributed by atoms with van der Waals surface area (Å²) >= 11 is 1.45. The normalized spacial score (nSPS) is 12.0. The summed E-state index contributed by atoms with van der Waals surface area (Å²) in [5.74, 6) is 0.310. The number of para-hydroxylation sites is 2. The zero-order chi connectivity index (χ0) is 18.7. The zero-order valence-electron chi connectivity index (χ0n) is 14.8. The van der Waals surface area contributed by atoms with Crippen LogP contribution in [-0.4, -0.2) is 26.6 Å². The zero-order valence-corrected chi connectivity index (χ0v) is 15.6. The Balaban J connectivity index is 1.65. The summed E-state index contributed by atoms with van der Waals surface area (Å²) in [5.41, 5.74) is 2.55. The maximum absolute atomic E-state index is 12.5. The lowest BCUT2D eigenvalue weighted by Crippen LogP contribution is -2.24. The third-order valence-electron chi connectivity index (χ3n) is 3.88. The van der Waals surface area contributed by atoms with Gasteiger partial charge in [0.1, 0.15) is 0 Å². The Morgan fingerprint density at radius 3 is 2.42 bits per heavy atom. The fourth-order valence-corrected chi connectivity index (χ4v) is 3.41. The van der Waals surface area contributed by atoms with Gasteiger partial charge in [-0.3, -0.25) is 14.9 Å². The molecule has 2 N–H and O–H groups in total. The first-order valence-electron chi connectivity index (χ1n) is 8.20. The van der Waals surface area contributed by atoms with E-state index in [2.05, 4.69) is 15.6 Å². The number of aryl methyl sites for hydroxylation is 1. The summed E-state index contributed by atoms with van der Waals surface area (Å²) in [4.78, 5) is 29.0. The van der Waals surface area contributed by atoms with Crippen molar-refractivity contribution < 1.29 is 9.59 Å². The lowest BCUT2D eigenvalue weighted by atomic mass is 10.3. The van der Waals surface area contributed by atoms with Crippen molar-refractivity contribution in [2.75, 3.05) is 10.6 Å². The first kappa shape index (κ1) is 18.0. The van der Waals surface area contributed by atoms with E-state index in [1.807, 2.05) is 67.1 Å². The van der Waals surface area contributed by atoms with E-state index in [9.17, 15) is 9.59 Å². The second-order valence-corrected chi connectivity index (χ2v) is 7.35. The number of rotatable bonds is 5. The van der Waals surface area contributed by atoms with Crippen LogP contribution in [0.15, 0.2) is 53.4 Å². The number of nitrogens with one attached hydrogen (secondary N) is 2. The third kappa shape index (κ3) is 4.05. The first-order valence-corrected chi connectivity index (χ1v) is 9.08. The molecule has 6 nitrogen and oxygen atoms in total. The molecule has 2 amide bonds. The van der Waals surface area contributed by atoms with Gasteiger partial charge in [0.2, 0.25) is 17.8 Å². The van der Waals surface area contributed by atoms with Gasteiger partial charge in [0, 0.05) is 24.6 Å². The highest BCUT2D eigenvalue weighted by atomic mass is 32.2. The molecule has 1 unspecified atom stereocenters. The molecule has 2 aromatic carbocycles. The van der Waals surface area contributed by atoms with Crippen molar-refractivity contribution in [3.63, 3.8) is 0 Å². The molecular formula is C19H20N4O2S. The molecule has 26 heavy (non-hydrogen) atoms. The Labute approximate surface area is 156 Å². The molecular weight excluding hydrogens is 348 g/mol. The van der Waals surface area contributed by atoms with Crippen LogP contribution in [0.5, 0.6) is 0 Å². The van der Waals surface area contributed by atoms with Gasteiger partial charge >= 0.3 is 0 Å². The molecule has 0 spiro atoms. The highest BCUT2D eigenvalue weighted by Crippen LogP contribution is 2.26. The van der Waals surface area contributed by atoms with E-state index in [1.165, 1.54) is 18.7 Å². The number of hydrogen-bond acceptors (Lipinski definition) is 4. The molecule has 7 heteroatoms. The molecule has 0 saturated heterocycles. The highest BCUT2D eigenvalue weighted by molar-refractivity contribution is 8.00. The number of benzene rings is 2. The summed E-state index contributed by atoms with van der Waals surface area (Å²) in [6.45, 7) is 3.32. The average Bonchev–Trinajstić information content (AvgIpc) is 2.92. The Hall–Kier alpha value is -2.80. The third-order valence-corrected chi connectivity index (χ3v) is 4.99. The van der Waals surface area contributed by atoms with Gasteiger partial charge in [0.05, 0.1) is 16.3 Å². The molecule has 0 bridgehead atoms. The SMILES string of the molecule is CC(=O)Nc1ccc(SC(C)C(=O)Nc2nc3ccccc3n2C)cc1. The minimum absolute atomic E-state index is 0.111. The number of fused-ring (bicyclic) bond motifs is 1. The standard InChI is InChI=1S/C19H20N4O2S/c1-12(26-15-10-8-14(9-11-15)20-13(2)24)18(25)22-19-21-16-6-4-5-7-17(16)23(19)3/h4-12H,1-3H3,(H,20,24)(H,21,22,25). The predicted molar refractivity (Wildman–Crippen MR) is 105 cm³/mol. The Morgan fingerprint density at radius 1 is 1.08 bits per heavy atom. The number of carbonyl (C=O) groups excluding carboxylic acids is 2. The van der Waals surface area contributed by atoms with Crippen LogP contribution in [0.3, 0.4) is 0 Å². The van der Waals surface area contributed by atoms with Crippen LogP contribution in [0.1, 0.15) is 13.8 Å². The van der Waals surface area contributed by atoms with Gasteiger partial charge in [-0.25, -0.2) is 4.98 Å². The fourth-order valence-electron chi connectivity index (χ4n) is 2.55. The number of hydrogen-bond donors (Lipinski definition) is 2. The number of amides is 2. The molecule has 1 aromatic heterocycles. The van der Waals surface area contributed by atoms with Crippen LogP contribution in [0, 0.1) is 0 Å². The van der Waals surface area contributed by atoms with Crippen molar-refractivity contribution in [3.05, 3.63) is 48.5 Å². The van der Waals surface area contributed by atoms with E-state index in [-0.39, 0.29) is 17.1 Å². The van der Waals surface area contributed by atoms with Crippen molar-refractivity contribution >= 4 is 46.2 Å². The topological polar surface area (TPSA) is 76.0 Å². The maximum atomic E-state index is 12.5. The van der Waals surface area contributed by atoms with Crippen molar-refractivity contribution in [2.24, 2.45) is 7.05 Å². The molecule has 0 saturated carbocycles. The highest BCUT2D eigenvalue weighted by Gasteiger charge is 2.17. The summed E-state index contributed by atoms with van der Waals surface area (Å²) in [6, 6.07) is 15.2. The lowest BCUT2D eigenvalue weighted by molar-refractivity contribution is -0.115. The van der Waals surface area contributed by atoms with E-state index in [0.717, 1.165) is 21.6 Å². The summed E-state index contributed by atoms with van der Waals surface area (Å²) in [5, 5.41) is 5.32. The van der Waals surface area contributed by atoms with Crippen molar-refractivity contribution in [3.8, 4) is 0 Å². The Kier molecular flexibility index (Phi) is 5.27. The summed E-state index contributed by atoms with van der Waals surface area (Å²) < 4.78 is 1.87. The molecule has 0 aliphatic heterocycles. The quantitative estimate of drug-likeness (QED) is 0.674. The van der Waals surface area contributed by atoms with E-state index in [1.54, 1.807) is 0 Å². The summed E-state index contributed by atoms with van der Waals surface area (Å²) in [6.07, 6.45) is 0. The van der Waals surface area contributed by atoms with Gasteiger partial charge in [0.15, 0.2) is 0 Å². The van der Waals surface area contributed by atoms with Crippen molar-refractivity contribution in [2.45, 2.75) is 24.0 Å². The van der Waals surface area contributed by atoms with E-state index >= 15 is 0 Å². The molecule has 1 heterocycles. The molecule has 3 rings (SSSR count). The second kappa shape index (κ2) is 7.61. The van der Waals surface area contributed by atoms with Gasteiger partial charge < -0.3 is 9.88 Å². The van der Waals surface area contributed by atoms with Crippen LogP contribution in [0.25, 0.3) is 11.0 Å². The van der Waals surface area contributed by atoms with E-state index < -0.39 is 0 Å². The Bertz CT molecular complexity index is 950. The fraction of sp³-hybridized carbons (Fsp3) is 0.211. The number of anilines is 2. The van der Waals surface area contributed by atoms with Crippen molar-refractivity contribution in [1.82, 2.24) is 9.55 Å². The number of carbonyl (C=O) groups is 2. The molecule has 0 radical (unpaired) electrons. The molecule has 0 fully saturated rings. The average molecular weight is 368 g/mol. The van der Waals surface area contributed by atoms with Crippen LogP contribution < -0.4 is 10.6 Å². The molecule has 0 aliphatic rings. The number of thioether (sulfide) groups is 1. The van der Waals surface area contributed by atoms with Crippen LogP contribution in [0.4, 0.5) is 11.6 Å². The monoisotopic (exact) mass is 368 g/mol. The van der Waals surface area contributed by atoms with Crippen LogP contribution in [0.2, 0.25) is 0 Å². The molecule has 0 aliphatic carbocycles. The van der Waals surface area contributed by atoms with Crippen LogP contribution >= 0.6 is 11.8 Å². The van der Waals surface area contributed by atoms with Crippen LogP contribution in [-0.2, 0) is 16.6 Å². The predicted octanol–water partition coefficient (Wildman–Crippen LogP) is 3.65. The molecule has 3 aromatic rings. The van der Waals surface area contributed by atoms with Gasteiger partial charge in [-0.1, -0.05) is 12.1 Å². The largest absolute Gasteiger partial charge is 0.326 e. The maximum Gasteiger partial charge on any atom is 0.239 e. The van der Waals surface area contributed by atoms with E-state index in [0.29, 0.717) is 5.95 Å². The molecule has 134 valence electrons. The molecule has 1 atom stereocenters. The summed E-state index contributed by atoms with van der Waals surface area (Å²) in [7, 11) is 1.88. The first-order chi connectivity index (χ1) is 12.4. The smallest absolute Gasteiger partial charge is 0.239 e. The van der Waals surface area contributed by atoms with Crippen molar-refractivity contribution in [1.29, 1.82) is 0 Å². The number of aromatic nitrogens is 2. The lowest BCUT2D eigenvalue weighted by Gasteiger charge is -2.12. The Morgan fingerprint density at radius 2 is 1.77 bits per heavy atom. The number of imidazole rings is 1. The van der Waals surface area contributed by atoms with Gasteiger partial charge in [-0.15, -0.1) is 11.8 Å². The van der Waals surface area contributed by atoms with Gasteiger partial charge in [-0.2, -0.15) is 0 Å². The minimum Gasteiger partial charge on any atom is -0.326 e. The van der Waals surface area contributed by atoms with E-state index in [4.69, 9.17) is 0 Å². The van der Waals surface area contributed by atoms with Gasteiger partial charge in [0.25, 0.3) is 0 Å². The second-order valence-electron chi connectivity index (χ2n) is 5.94. The van der Waals surface area contributed by atoms with Gasteiger partial charge in [-0.05, 0) is 43.3 Å². The number of nitrogens with zero attached hydrogens (tertiary/aromatic N) is 2.